The standard InChI is InChI=1S/C19H31NO2/c1-3-4-5-6-7-11-15-21-19(17-20(2)14-16-22-19)18-12-9-8-10-13-18/h8-10,12-13H,3-7,11,14-17H2,1-2H3. The molecule has 1 saturated heterocycles. The smallest absolute Gasteiger partial charge is 0.208 e. The molecule has 1 aromatic rings. The molecule has 1 fully saturated rings. The van der Waals surface area contributed by atoms with E-state index in [0.717, 1.165) is 38.3 Å². The molecule has 3 heteroatoms. The minimum atomic E-state index is -0.586. The van der Waals surface area contributed by atoms with Crippen molar-refractivity contribution in [1.82, 2.24) is 4.90 Å². The number of benzene rings is 1. The van der Waals surface area contributed by atoms with Crippen molar-refractivity contribution in [2.45, 2.75) is 51.2 Å². The van der Waals surface area contributed by atoms with Crippen molar-refractivity contribution in [1.29, 1.82) is 0 Å². The van der Waals surface area contributed by atoms with E-state index in [9.17, 15) is 0 Å². The Bertz CT molecular complexity index is 409. The van der Waals surface area contributed by atoms with Crippen LogP contribution in [0.1, 0.15) is 51.0 Å². The van der Waals surface area contributed by atoms with E-state index in [0.29, 0.717) is 0 Å². The van der Waals surface area contributed by atoms with Crippen molar-refractivity contribution in [3.05, 3.63) is 35.9 Å². The highest BCUT2D eigenvalue weighted by atomic mass is 16.7. The number of hydrogen-bond acceptors (Lipinski definition) is 3. The summed E-state index contributed by atoms with van der Waals surface area (Å²) in [4.78, 5) is 2.29. The van der Waals surface area contributed by atoms with E-state index in [4.69, 9.17) is 9.47 Å². The topological polar surface area (TPSA) is 21.7 Å². The Balaban J connectivity index is 1.86. The zero-order valence-corrected chi connectivity index (χ0v) is 14.2. The number of hydrogen-bond donors (Lipinski definition) is 0. The molecule has 1 heterocycles. The molecule has 0 bridgehead atoms. The van der Waals surface area contributed by atoms with Crippen LogP contribution in [-0.2, 0) is 15.3 Å². The summed E-state index contributed by atoms with van der Waals surface area (Å²) in [6.07, 6.45) is 7.68. The average Bonchev–Trinajstić information content (AvgIpc) is 2.55. The zero-order valence-electron chi connectivity index (χ0n) is 14.2. The predicted molar refractivity (Wildman–Crippen MR) is 90.9 cm³/mol. The third-order valence-corrected chi connectivity index (χ3v) is 4.33. The number of unbranched alkanes of at least 4 members (excludes halogenated alkanes) is 5. The molecule has 2 rings (SSSR count). The molecule has 0 saturated carbocycles. The van der Waals surface area contributed by atoms with Crippen molar-refractivity contribution in [2.24, 2.45) is 0 Å². The molecular weight excluding hydrogens is 274 g/mol. The van der Waals surface area contributed by atoms with E-state index >= 15 is 0 Å². The summed E-state index contributed by atoms with van der Waals surface area (Å²) in [5.74, 6) is -0.586. The second kappa shape index (κ2) is 9.29. The molecule has 124 valence electrons. The number of morpholine rings is 1. The normalized spacial score (nSPS) is 22.8. The molecule has 22 heavy (non-hydrogen) atoms. The fourth-order valence-corrected chi connectivity index (χ4v) is 3.00. The van der Waals surface area contributed by atoms with Crippen LogP contribution in [0.5, 0.6) is 0 Å². The molecule has 0 radical (unpaired) electrons. The maximum atomic E-state index is 6.27. The van der Waals surface area contributed by atoms with Gasteiger partial charge in [0.05, 0.1) is 19.8 Å². The lowest BCUT2D eigenvalue weighted by molar-refractivity contribution is -0.274. The van der Waals surface area contributed by atoms with Crippen molar-refractivity contribution in [2.75, 3.05) is 33.4 Å². The zero-order chi connectivity index (χ0) is 15.7. The second-order valence-corrected chi connectivity index (χ2v) is 6.32. The monoisotopic (exact) mass is 305 g/mol. The van der Waals surface area contributed by atoms with Gasteiger partial charge in [-0.3, -0.25) is 4.90 Å². The molecule has 0 N–H and O–H groups in total. The molecule has 0 amide bonds. The van der Waals surface area contributed by atoms with Gasteiger partial charge in [0.2, 0.25) is 5.79 Å². The number of nitrogens with zero attached hydrogens (tertiary/aromatic N) is 1. The fraction of sp³-hybridized carbons (Fsp3) is 0.684. The third-order valence-electron chi connectivity index (χ3n) is 4.33. The molecule has 0 aromatic heterocycles. The first-order chi connectivity index (χ1) is 10.8. The van der Waals surface area contributed by atoms with Crippen LogP contribution in [0.15, 0.2) is 30.3 Å². The molecule has 1 aromatic carbocycles. The van der Waals surface area contributed by atoms with E-state index in [1.165, 1.54) is 32.1 Å². The molecule has 3 nitrogen and oxygen atoms in total. The van der Waals surface area contributed by atoms with E-state index in [-0.39, 0.29) is 0 Å². The van der Waals surface area contributed by atoms with Crippen LogP contribution in [0.4, 0.5) is 0 Å². The fourth-order valence-electron chi connectivity index (χ4n) is 3.00. The summed E-state index contributed by atoms with van der Waals surface area (Å²) < 4.78 is 12.4. The summed E-state index contributed by atoms with van der Waals surface area (Å²) in [7, 11) is 2.13. The van der Waals surface area contributed by atoms with E-state index in [1.807, 2.05) is 6.07 Å². The molecule has 1 atom stereocenters. The summed E-state index contributed by atoms with van der Waals surface area (Å²) >= 11 is 0. The van der Waals surface area contributed by atoms with Gasteiger partial charge in [0.15, 0.2) is 0 Å². The van der Waals surface area contributed by atoms with E-state index in [2.05, 4.69) is 43.1 Å². The lowest BCUT2D eigenvalue weighted by Gasteiger charge is -2.41. The van der Waals surface area contributed by atoms with Crippen LogP contribution in [0.3, 0.4) is 0 Å². The van der Waals surface area contributed by atoms with Gasteiger partial charge < -0.3 is 9.47 Å². The molecular formula is C19H31NO2. The maximum absolute atomic E-state index is 6.27. The van der Waals surface area contributed by atoms with Crippen LogP contribution >= 0.6 is 0 Å². The quantitative estimate of drug-likeness (QED) is 0.639. The minimum Gasteiger partial charge on any atom is -0.345 e. The highest BCUT2D eigenvalue weighted by Gasteiger charge is 2.38. The maximum Gasteiger partial charge on any atom is 0.208 e. The van der Waals surface area contributed by atoms with Crippen molar-refractivity contribution in [3.63, 3.8) is 0 Å². The van der Waals surface area contributed by atoms with Crippen LogP contribution in [0.25, 0.3) is 0 Å². The number of rotatable bonds is 9. The Labute approximate surface area is 135 Å². The number of ether oxygens (including phenoxy) is 2. The van der Waals surface area contributed by atoms with Gasteiger partial charge >= 0.3 is 0 Å². The van der Waals surface area contributed by atoms with Gasteiger partial charge in [-0.25, -0.2) is 0 Å². The Morgan fingerprint density at radius 3 is 2.55 bits per heavy atom. The Morgan fingerprint density at radius 2 is 1.82 bits per heavy atom. The van der Waals surface area contributed by atoms with Crippen molar-refractivity contribution in [3.8, 4) is 0 Å². The molecule has 1 unspecified atom stereocenters. The second-order valence-electron chi connectivity index (χ2n) is 6.32. The third kappa shape index (κ3) is 5.08. The highest BCUT2D eigenvalue weighted by molar-refractivity contribution is 5.21. The SMILES string of the molecule is CCCCCCCCOC1(c2ccccc2)CN(C)CCO1. The van der Waals surface area contributed by atoms with Gasteiger partial charge in [-0.1, -0.05) is 69.4 Å². The van der Waals surface area contributed by atoms with Crippen LogP contribution < -0.4 is 0 Å². The first-order valence-electron chi connectivity index (χ1n) is 8.79. The molecule has 1 aliphatic rings. The van der Waals surface area contributed by atoms with Crippen LogP contribution in [0.2, 0.25) is 0 Å². The molecule has 1 aliphatic heterocycles. The molecule has 0 aliphatic carbocycles. The summed E-state index contributed by atoms with van der Waals surface area (Å²) in [5, 5.41) is 0. The van der Waals surface area contributed by atoms with Gasteiger partial charge in [0, 0.05) is 12.1 Å². The van der Waals surface area contributed by atoms with Crippen LogP contribution in [-0.4, -0.2) is 38.3 Å². The predicted octanol–water partition coefficient (Wildman–Crippen LogP) is 4.18. The van der Waals surface area contributed by atoms with Gasteiger partial charge in [0.25, 0.3) is 0 Å². The Morgan fingerprint density at radius 1 is 1.09 bits per heavy atom. The largest absolute Gasteiger partial charge is 0.345 e. The molecule has 0 spiro atoms. The lowest BCUT2D eigenvalue weighted by atomic mass is 10.0. The average molecular weight is 305 g/mol. The van der Waals surface area contributed by atoms with Gasteiger partial charge in [0.1, 0.15) is 0 Å². The van der Waals surface area contributed by atoms with Crippen molar-refractivity contribution >= 4 is 0 Å². The van der Waals surface area contributed by atoms with E-state index in [1.54, 1.807) is 0 Å². The van der Waals surface area contributed by atoms with Gasteiger partial charge in [-0.15, -0.1) is 0 Å². The van der Waals surface area contributed by atoms with Crippen LogP contribution in [0, 0.1) is 0 Å². The number of likely N-dealkylation sites (N-methyl/N-ethyl adjacent to an activating group) is 1. The van der Waals surface area contributed by atoms with Gasteiger partial charge in [-0.2, -0.15) is 0 Å². The first kappa shape index (κ1) is 17.5. The van der Waals surface area contributed by atoms with E-state index < -0.39 is 5.79 Å². The summed E-state index contributed by atoms with van der Waals surface area (Å²) in [6.45, 7) is 5.52. The minimum absolute atomic E-state index is 0.586. The Kier molecular flexibility index (Phi) is 7.37. The Hall–Kier alpha value is -0.900. The van der Waals surface area contributed by atoms with Crippen molar-refractivity contribution < 1.29 is 9.47 Å². The lowest BCUT2D eigenvalue weighted by Crippen LogP contribution is -2.50. The van der Waals surface area contributed by atoms with Gasteiger partial charge in [-0.05, 0) is 13.5 Å². The first-order valence-corrected chi connectivity index (χ1v) is 8.79. The summed E-state index contributed by atoms with van der Waals surface area (Å²) in [5.41, 5.74) is 1.13. The summed E-state index contributed by atoms with van der Waals surface area (Å²) in [6, 6.07) is 10.4. The highest BCUT2D eigenvalue weighted by Crippen LogP contribution is 2.31.